The Kier molecular flexibility index (Phi) is 4.90. The summed E-state index contributed by atoms with van der Waals surface area (Å²) in [5.41, 5.74) is 2.03. The lowest BCUT2D eigenvalue weighted by molar-refractivity contribution is -0.118. The Morgan fingerprint density at radius 1 is 1.53 bits per heavy atom. The quantitative estimate of drug-likeness (QED) is 0.726. The smallest absolute Gasteiger partial charge is 0.241 e. The van der Waals surface area contributed by atoms with E-state index in [0.717, 1.165) is 24.1 Å². The summed E-state index contributed by atoms with van der Waals surface area (Å²) in [4.78, 5) is 12.1. The number of carbonyl (C=O) groups is 1. The summed E-state index contributed by atoms with van der Waals surface area (Å²) in [7, 11) is 1.54. The average Bonchev–Trinajstić information content (AvgIpc) is 2.55. The number of aliphatic hydroxyl groups is 1. The lowest BCUT2D eigenvalue weighted by Gasteiger charge is -2.17. The lowest BCUT2D eigenvalue weighted by Crippen LogP contribution is -2.44. The first-order valence-electron chi connectivity index (χ1n) is 6.50. The molecule has 2 rings (SSSR count). The molecule has 1 aliphatic rings. The number of hydrogen-bond acceptors (Lipinski definition) is 4. The fraction of sp³-hybridized carbons (Fsp3) is 0.500. The molecule has 0 aliphatic carbocycles. The van der Waals surface area contributed by atoms with Crippen molar-refractivity contribution in [3.05, 3.63) is 29.8 Å². The lowest BCUT2D eigenvalue weighted by atomic mass is 10.1. The van der Waals surface area contributed by atoms with Gasteiger partial charge in [0.2, 0.25) is 5.91 Å². The standard InChI is InChI=1S/C14H20N2O3/c1-19-9-11(17)8-15-13-7-6-10-4-2-3-5-12(10)16-14(13)18/h2-5,11,13,15,17H,6-9H2,1H3,(H,16,18). The molecule has 1 heterocycles. The first-order chi connectivity index (χ1) is 9.20. The van der Waals surface area contributed by atoms with E-state index in [9.17, 15) is 9.90 Å². The van der Waals surface area contributed by atoms with Crippen LogP contribution in [0.1, 0.15) is 12.0 Å². The van der Waals surface area contributed by atoms with Crippen molar-refractivity contribution >= 4 is 11.6 Å². The average molecular weight is 264 g/mol. The Balaban J connectivity index is 1.93. The molecule has 5 heteroatoms. The van der Waals surface area contributed by atoms with Crippen molar-refractivity contribution in [2.24, 2.45) is 0 Å². The maximum Gasteiger partial charge on any atom is 0.241 e. The van der Waals surface area contributed by atoms with Crippen LogP contribution in [0.25, 0.3) is 0 Å². The highest BCUT2D eigenvalue weighted by atomic mass is 16.5. The Hall–Kier alpha value is -1.43. The molecule has 0 saturated carbocycles. The van der Waals surface area contributed by atoms with Crippen LogP contribution in [0, 0.1) is 0 Å². The number of hydrogen-bond donors (Lipinski definition) is 3. The topological polar surface area (TPSA) is 70.6 Å². The number of fused-ring (bicyclic) bond motifs is 1. The van der Waals surface area contributed by atoms with Crippen molar-refractivity contribution in [3.63, 3.8) is 0 Å². The Labute approximate surface area is 113 Å². The van der Waals surface area contributed by atoms with E-state index in [1.165, 1.54) is 7.11 Å². The third-order valence-corrected chi connectivity index (χ3v) is 3.25. The normalized spacial score (nSPS) is 20.3. The highest BCUT2D eigenvalue weighted by molar-refractivity contribution is 5.96. The van der Waals surface area contributed by atoms with Crippen molar-refractivity contribution in [1.82, 2.24) is 5.32 Å². The molecule has 5 nitrogen and oxygen atoms in total. The Morgan fingerprint density at radius 2 is 2.32 bits per heavy atom. The zero-order valence-corrected chi connectivity index (χ0v) is 11.1. The van der Waals surface area contributed by atoms with E-state index in [4.69, 9.17) is 4.74 Å². The SMILES string of the molecule is COCC(O)CNC1CCc2ccccc2NC1=O. The minimum absolute atomic E-state index is 0.0467. The third kappa shape index (κ3) is 3.76. The molecule has 0 aromatic heterocycles. The van der Waals surface area contributed by atoms with E-state index < -0.39 is 6.10 Å². The van der Waals surface area contributed by atoms with Gasteiger partial charge in [0.1, 0.15) is 0 Å². The number of aliphatic hydroxyl groups excluding tert-OH is 1. The van der Waals surface area contributed by atoms with Crippen LogP contribution in [0.5, 0.6) is 0 Å². The number of ether oxygens (including phenoxy) is 1. The van der Waals surface area contributed by atoms with Gasteiger partial charge in [0.25, 0.3) is 0 Å². The second-order valence-corrected chi connectivity index (χ2v) is 4.76. The third-order valence-electron chi connectivity index (χ3n) is 3.25. The molecule has 3 N–H and O–H groups in total. The fourth-order valence-electron chi connectivity index (χ4n) is 2.24. The van der Waals surface area contributed by atoms with Crippen molar-refractivity contribution in [1.29, 1.82) is 0 Å². The van der Waals surface area contributed by atoms with Crippen LogP contribution in [0.15, 0.2) is 24.3 Å². The zero-order valence-electron chi connectivity index (χ0n) is 11.1. The van der Waals surface area contributed by atoms with Crippen molar-refractivity contribution in [2.45, 2.75) is 25.0 Å². The van der Waals surface area contributed by atoms with Gasteiger partial charge in [-0.1, -0.05) is 18.2 Å². The van der Waals surface area contributed by atoms with Crippen LogP contribution in [0.4, 0.5) is 5.69 Å². The van der Waals surface area contributed by atoms with E-state index in [0.29, 0.717) is 6.54 Å². The first-order valence-corrected chi connectivity index (χ1v) is 6.50. The molecule has 0 fully saturated rings. The molecule has 1 aromatic carbocycles. The summed E-state index contributed by atoms with van der Waals surface area (Å²) >= 11 is 0. The molecule has 0 bridgehead atoms. The maximum atomic E-state index is 12.1. The van der Waals surface area contributed by atoms with Gasteiger partial charge in [-0.05, 0) is 24.5 Å². The first kappa shape index (κ1) is 14.0. The van der Waals surface area contributed by atoms with E-state index in [-0.39, 0.29) is 18.6 Å². The highest BCUT2D eigenvalue weighted by Crippen LogP contribution is 2.21. The van der Waals surface area contributed by atoms with Crippen LogP contribution in [0.3, 0.4) is 0 Å². The molecule has 0 saturated heterocycles. The second-order valence-electron chi connectivity index (χ2n) is 4.76. The number of aryl methyl sites for hydroxylation is 1. The van der Waals surface area contributed by atoms with Crippen LogP contribution in [-0.4, -0.2) is 43.4 Å². The van der Waals surface area contributed by atoms with Crippen molar-refractivity contribution in [3.8, 4) is 0 Å². The summed E-state index contributed by atoms with van der Waals surface area (Å²) in [5, 5.41) is 15.6. The molecule has 104 valence electrons. The van der Waals surface area contributed by atoms with Crippen LogP contribution >= 0.6 is 0 Å². The fourth-order valence-corrected chi connectivity index (χ4v) is 2.24. The highest BCUT2D eigenvalue weighted by Gasteiger charge is 2.23. The number of amides is 1. The molecular weight excluding hydrogens is 244 g/mol. The zero-order chi connectivity index (χ0) is 13.7. The molecule has 0 spiro atoms. The molecular formula is C14H20N2O3. The summed E-state index contributed by atoms with van der Waals surface area (Å²) in [5.74, 6) is -0.0467. The minimum atomic E-state index is -0.594. The van der Waals surface area contributed by atoms with Gasteiger partial charge in [0.15, 0.2) is 0 Å². The second kappa shape index (κ2) is 6.65. The predicted octanol–water partition coefficient (Wildman–Crippen LogP) is 0.537. The van der Waals surface area contributed by atoms with E-state index in [1.54, 1.807) is 0 Å². The van der Waals surface area contributed by atoms with Crippen molar-refractivity contribution in [2.75, 3.05) is 25.6 Å². The predicted molar refractivity (Wildman–Crippen MR) is 73.1 cm³/mol. The maximum absolute atomic E-state index is 12.1. The Morgan fingerprint density at radius 3 is 3.11 bits per heavy atom. The van der Waals surface area contributed by atoms with E-state index in [2.05, 4.69) is 10.6 Å². The number of methoxy groups -OCH3 is 1. The summed E-state index contributed by atoms with van der Waals surface area (Å²) in [6.45, 7) is 0.615. The number of nitrogens with one attached hydrogen (secondary N) is 2. The van der Waals surface area contributed by atoms with Crippen LogP contribution in [0.2, 0.25) is 0 Å². The molecule has 2 atom stereocenters. The van der Waals surface area contributed by atoms with Gasteiger partial charge < -0.3 is 20.5 Å². The molecule has 2 unspecified atom stereocenters. The minimum Gasteiger partial charge on any atom is -0.389 e. The van der Waals surface area contributed by atoms with Gasteiger partial charge in [-0.3, -0.25) is 4.79 Å². The number of carbonyl (C=O) groups excluding carboxylic acids is 1. The molecule has 1 aliphatic heterocycles. The van der Waals surface area contributed by atoms with Gasteiger partial charge in [-0.15, -0.1) is 0 Å². The number of anilines is 1. The van der Waals surface area contributed by atoms with Crippen LogP contribution < -0.4 is 10.6 Å². The monoisotopic (exact) mass is 264 g/mol. The van der Waals surface area contributed by atoms with E-state index >= 15 is 0 Å². The Bertz CT molecular complexity index is 436. The molecule has 1 aromatic rings. The van der Waals surface area contributed by atoms with Gasteiger partial charge in [0, 0.05) is 19.3 Å². The summed E-state index contributed by atoms with van der Waals surface area (Å²) in [6.07, 6.45) is 0.971. The van der Waals surface area contributed by atoms with Crippen LogP contribution in [-0.2, 0) is 16.0 Å². The number of rotatable bonds is 5. The van der Waals surface area contributed by atoms with Crippen molar-refractivity contribution < 1.29 is 14.6 Å². The van der Waals surface area contributed by atoms with Gasteiger partial charge in [0.05, 0.1) is 18.8 Å². The summed E-state index contributed by atoms with van der Waals surface area (Å²) < 4.78 is 4.86. The van der Waals surface area contributed by atoms with Gasteiger partial charge >= 0.3 is 0 Å². The summed E-state index contributed by atoms with van der Waals surface area (Å²) in [6, 6.07) is 7.54. The molecule has 0 radical (unpaired) electrons. The van der Waals surface area contributed by atoms with E-state index in [1.807, 2.05) is 24.3 Å². The molecule has 1 amide bonds. The number of para-hydroxylation sites is 1. The number of benzene rings is 1. The molecule has 19 heavy (non-hydrogen) atoms. The largest absolute Gasteiger partial charge is 0.389 e. The van der Waals surface area contributed by atoms with Gasteiger partial charge in [-0.25, -0.2) is 0 Å². The van der Waals surface area contributed by atoms with Gasteiger partial charge in [-0.2, -0.15) is 0 Å².